The fourth-order valence-corrected chi connectivity index (χ4v) is 5.18. The SMILES string of the molecule is Cc1c(C(=O)N(C2CC2)C2CCS(=O)(=O)C2)oc2ccccc12. The molecule has 1 saturated carbocycles. The molecule has 0 radical (unpaired) electrons. The summed E-state index contributed by atoms with van der Waals surface area (Å²) in [5.74, 6) is 0.438. The first-order valence-electron chi connectivity index (χ1n) is 7.97. The molecule has 1 unspecified atom stereocenters. The number of aryl methyl sites for hydroxylation is 1. The molecule has 23 heavy (non-hydrogen) atoms. The van der Waals surface area contributed by atoms with Gasteiger partial charge in [-0.3, -0.25) is 4.79 Å². The summed E-state index contributed by atoms with van der Waals surface area (Å²) in [5.41, 5.74) is 1.53. The highest BCUT2D eigenvalue weighted by Crippen LogP contribution is 2.35. The zero-order valence-corrected chi connectivity index (χ0v) is 13.8. The van der Waals surface area contributed by atoms with Crippen molar-refractivity contribution < 1.29 is 17.6 Å². The number of benzene rings is 1. The molecule has 5 nitrogen and oxygen atoms in total. The second-order valence-corrected chi connectivity index (χ2v) is 8.78. The summed E-state index contributed by atoms with van der Waals surface area (Å²) in [7, 11) is -3.02. The van der Waals surface area contributed by atoms with E-state index in [1.54, 1.807) is 4.90 Å². The first-order chi connectivity index (χ1) is 11.0. The van der Waals surface area contributed by atoms with Gasteiger partial charge in [0.1, 0.15) is 5.58 Å². The highest BCUT2D eigenvalue weighted by atomic mass is 32.2. The maximum atomic E-state index is 13.1. The van der Waals surface area contributed by atoms with Crippen LogP contribution in [0.3, 0.4) is 0 Å². The Labute approximate surface area is 135 Å². The molecule has 1 saturated heterocycles. The number of carbonyl (C=O) groups excluding carboxylic acids is 1. The van der Waals surface area contributed by atoms with Crippen molar-refractivity contribution in [3.63, 3.8) is 0 Å². The first kappa shape index (κ1) is 14.8. The molecule has 1 atom stereocenters. The van der Waals surface area contributed by atoms with Crippen LogP contribution in [0.15, 0.2) is 28.7 Å². The number of para-hydroxylation sites is 1. The lowest BCUT2D eigenvalue weighted by Crippen LogP contribution is -2.42. The van der Waals surface area contributed by atoms with Crippen LogP contribution in [0.1, 0.15) is 35.4 Å². The quantitative estimate of drug-likeness (QED) is 0.865. The van der Waals surface area contributed by atoms with Crippen LogP contribution < -0.4 is 0 Å². The van der Waals surface area contributed by atoms with E-state index in [-0.39, 0.29) is 29.5 Å². The van der Waals surface area contributed by atoms with Gasteiger partial charge in [-0.05, 0) is 32.3 Å². The number of hydrogen-bond donors (Lipinski definition) is 0. The van der Waals surface area contributed by atoms with Gasteiger partial charge in [0.15, 0.2) is 15.6 Å². The standard InChI is InChI=1S/C17H19NO4S/c1-11-14-4-2-3-5-15(14)22-16(11)17(19)18(12-6-7-12)13-8-9-23(20,21)10-13/h2-5,12-13H,6-10H2,1H3. The number of fused-ring (bicyclic) bond motifs is 1. The fraction of sp³-hybridized carbons (Fsp3) is 0.471. The van der Waals surface area contributed by atoms with Gasteiger partial charge in [-0.15, -0.1) is 0 Å². The highest BCUT2D eigenvalue weighted by Gasteiger charge is 2.43. The molecule has 2 heterocycles. The third-order valence-electron chi connectivity index (χ3n) is 4.81. The predicted molar refractivity (Wildman–Crippen MR) is 87.2 cm³/mol. The fourth-order valence-electron chi connectivity index (χ4n) is 3.47. The van der Waals surface area contributed by atoms with Gasteiger partial charge in [-0.25, -0.2) is 8.42 Å². The van der Waals surface area contributed by atoms with Crippen molar-refractivity contribution in [1.82, 2.24) is 4.90 Å². The van der Waals surface area contributed by atoms with Crippen molar-refractivity contribution in [2.45, 2.75) is 38.3 Å². The summed E-state index contributed by atoms with van der Waals surface area (Å²) in [5, 5.41) is 0.936. The highest BCUT2D eigenvalue weighted by molar-refractivity contribution is 7.91. The molecule has 2 aromatic rings. The molecule has 2 aliphatic rings. The third kappa shape index (κ3) is 2.55. The van der Waals surface area contributed by atoms with Crippen molar-refractivity contribution in [1.29, 1.82) is 0 Å². The minimum absolute atomic E-state index is 0.0779. The predicted octanol–water partition coefficient (Wildman–Crippen LogP) is 2.53. The van der Waals surface area contributed by atoms with Crippen molar-refractivity contribution in [2.24, 2.45) is 0 Å². The van der Waals surface area contributed by atoms with Crippen LogP contribution in [-0.2, 0) is 9.84 Å². The normalized spacial score (nSPS) is 23.3. The van der Waals surface area contributed by atoms with Gasteiger partial charge in [-0.1, -0.05) is 18.2 Å². The van der Waals surface area contributed by atoms with Crippen LogP contribution in [0, 0.1) is 6.92 Å². The number of nitrogens with zero attached hydrogens (tertiary/aromatic N) is 1. The Kier molecular flexibility index (Phi) is 3.27. The van der Waals surface area contributed by atoms with Gasteiger partial charge < -0.3 is 9.32 Å². The molecule has 0 N–H and O–H groups in total. The number of sulfone groups is 1. The summed E-state index contributed by atoms with van der Waals surface area (Å²) in [6, 6.07) is 7.52. The molecule has 1 aliphatic heterocycles. The summed E-state index contributed by atoms with van der Waals surface area (Å²) >= 11 is 0. The minimum Gasteiger partial charge on any atom is -0.451 e. The van der Waals surface area contributed by atoms with Crippen molar-refractivity contribution in [3.8, 4) is 0 Å². The molecule has 0 spiro atoms. The monoisotopic (exact) mass is 333 g/mol. The summed E-state index contributed by atoms with van der Waals surface area (Å²) < 4.78 is 29.4. The maximum absolute atomic E-state index is 13.1. The topological polar surface area (TPSA) is 67.6 Å². The Morgan fingerprint density at radius 1 is 1.17 bits per heavy atom. The molecular formula is C17H19NO4S. The maximum Gasteiger partial charge on any atom is 0.290 e. The smallest absolute Gasteiger partial charge is 0.290 e. The molecule has 1 amide bonds. The Balaban J connectivity index is 1.71. The van der Waals surface area contributed by atoms with E-state index in [1.807, 2.05) is 31.2 Å². The minimum atomic E-state index is -3.02. The van der Waals surface area contributed by atoms with Crippen molar-refractivity contribution in [2.75, 3.05) is 11.5 Å². The lowest BCUT2D eigenvalue weighted by atomic mass is 10.1. The van der Waals surface area contributed by atoms with E-state index in [2.05, 4.69) is 0 Å². The first-order valence-corrected chi connectivity index (χ1v) is 9.79. The molecular weight excluding hydrogens is 314 g/mol. The largest absolute Gasteiger partial charge is 0.451 e. The van der Waals surface area contributed by atoms with Gasteiger partial charge in [0.2, 0.25) is 0 Å². The number of hydrogen-bond acceptors (Lipinski definition) is 4. The van der Waals surface area contributed by atoms with Crippen LogP contribution in [-0.4, -0.2) is 42.8 Å². The Morgan fingerprint density at radius 2 is 1.91 bits per heavy atom. The van der Waals surface area contributed by atoms with E-state index in [4.69, 9.17) is 4.42 Å². The third-order valence-corrected chi connectivity index (χ3v) is 6.56. The summed E-state index contributed by atoms with van der Waals surface area (Å²) in [6.07, 6.45) is 2.42. The van der Waals surface area contributed by atoms with Crippen molar-refractivity contribution >= 4 is 26.7 Å². The van der Waals surface area contributed by atoms with Gasteiger partial charge in [-0.2, -0.15) is 0 Å². The molecule has 122 valence electrons. The van der Waals surface area contributed by atoms with Gasteiger partial charge in [0.05, 0.1) is 11.5 Å². The number of furan rings is 1. The van der Waals surface area contributed by atoms with Gasteiger partial charge in [0, 0.05) is 23.0 Å². The zero-order chi connectivity index (χ0) is 16.2. The van der Waals surface area contributed by atoms with Crippen LogP contribution in [0.25, 0.3) is 11.0 Å². The van der Waals surface area contributed by atoms with Crippen LogP contribution in [0.2, 0.25) is 0 Å². The number of carbonyl (C=O) groups is 1. The lowest BCUT2D eigenvalue weighted by molar-refractivity contribution is 0.0649. The molecule has 1 aromatic heterocycles. The summed E-state index contributed by atoms with van der Waals surface area (Å²) in [4.78, 5) is 14.8. The van der Waals surface area contributed by atoms with E-state index in [0.29, 0.717) is 17.8 Å². The van der Waals surface area contributed by atoms with Crippen molar-refractivity contribution in [3.05, 3.63) is 35.6 Å². The van der Waals surface area contributed by atoms with Gasteiger partial charge >= 0.3 is 0 Å². The number of amides is 1. The molecule has 1 aliphatic carbocycles. The van der Waals surface area contributed by atoms with E-state index < -0.39 is 9.84 Å². The van der Waals surface area contributed by atoms with Crippen LogP contribution in [0.5, 0.6) is 0 Å². The molecule has 6 heteroatoms. The second-order valence-electron chi connectivity index (χ2n) is 6.55. The average molecular weight is 333 g/mol. The van der Waals surface area contributed by atoms with E-state index >= 15 is 0 Å². The van der Waals surface area contributed by atoms with Crippen LogP contribution >= 0.6 is 0 Å². The Bertz CT molecular complexity index is 879. The van der Waals surface area contributed by atoms with E-state index in [1.165, 1.54) is 0 Å². The molecule has 4 rings (SSSR count). The Morgan fingerprint density at radius 3 is 2.52 bits per heavy atom. The van der Waals surface area contributed by atoms with E-state index in [9.17, 15) is 13.2 Å². The van der Waals surface area contributed by atoms with Crippen LogP contribution in [0.4, 0.5) is 0 Å². The average Bonchev–Trinajstić information content (AvgIpc) is 3.20. The van der Waals surface area contributed by atoms with E-state index in [0.717, 1.165) is 23.8 Å². The molecule has 0 bridgehead atoms. The summed E-state index contributed by atoms with van der Waals surface area (Å²) in [6.45, 7) is 1.88. The van der Waals surface area contributed by atoms with Gasteiger partial charge in [0.25, 0.3) is 5.91 Å². The number of rotatable bonds is 3. The second kappa shape index (κ2) is 5.09. The lowest BCUT2D eigenvalue weighted by Gasteiger charge is -2.27. The molecule has 2 fully saturated rings. The molecule has 1 aromatic carbocycles. The zero-order valence-electron chi connectivity index (χ0n) is 13.0. The Hall–Kier alpha value is -1.82.